The fraction of sp³-hybridized carbons (Fsp3) is 0.528. The van der Waals surface area contributed by atoms with Crippen molar-refractivity contribution >= 4 is 44.7 Å². The minimum Gasteiger partial charge on any atom is -0.471 e. The molecular formula is C36H42FN7O8S. The average Bonchev–Trinajstić information content (AvgIpc) is 4.01. The number of allylic oxidation sites excluding steroid dienone is 1. The van der Waals surface area contributed by atoms with E-state index in [1.54, 1.807) is 6.92 Å². The maximum absolute atomic E-state index is 14.5. The Morgan fingerprint density at radius 3 is 2.66 bits per heavy atom. The van der Waals surface area contributed by atoms with Gasteiger partial charge in [-0.1, -0.05) is 37.1 Å². The van der Waals surface area contributed by atoms with Gasteiger partial charge in [0.05, 0.1) is 22.8 Å². The highest BCUT2D eigenvalue weighted by Gasteiger charge is 2.62. The maximum Gasteiger partial charge on any atom is 0.274 e. The van der Waals surface area contributed by atoms with Crippen LogP contribution in [0.5, 0.6) is 5.88 Å². The second-order valence-corrected chi connectivity index (χ2v) is 16.3. The molecule has 53 heavy (non-hydrogen) atoms. The van der Waals surface area contributed by atoms with E-state index in [0.29, 0.717) is 49.1 Å². The first-order valence-corrected chi connectivity index (χ1v) is 19.6. The first kappa shape index (κ1) is 36.4. The first-order valence-electron chi connectivity index (χ1n) is 18.1. The van der Waals surface area contributed by atoms with Crippen molar-refractivity contribution in [2.45, 2.75) is 107 Å². The highest BCUT2D eigenvalue weighted by Crippen LogP contribution is 2.46. The molecule has 1 saturated heterocycles. The number of hydrogen-bond acceptors (Lipinski definition) is 11. The molecule has 17 heteroatoms. The number of aromatic nitrogens is 3. The number of carbonyl (C=O) groups excluding carboxylic acids is 4. The zero-order chi connectivity index (χ0) is 37.5. The highest BCUT2D eigenvalue weighted by atomic mass is 32.2. The molecule has 0 spiro atoms. The van der Waals surface area contributed by atoms with Crippen LogP contribution in [0.25, 0.3) is 11.0 Å². The molecule has 4 heterocycles. The molecule has 7 rings (SSSR count). The molecule has 4 amide bonds. The second kappa shape index (κ2) is 14.5. The zero-order valence-corrected chi connectivity index (χ0v) is 30.3. The van der Waals surface area contributed by atoms with E-state index in [-0.39, 0.29) is 42.9 Å². The number of ether oxygens (including phenoxy) is 1. The number of aryl methyl sites for hydroxylation is 2. The molecule has 2 aromatic heterocycles. The largest absolute Gasteiger partial charge is 0.471 e. The summed E-state index contributed by atoms with van der Waals surface area (Å²) in [6.45, 7) is 3.41. The number of sulfonamides is 1. The molecule has 0 unspecified atom stereocenters. The van der Waals surface area contributed by atoms with E-state index >= 15 is 0 Å². The molecular weight excluding hydrogens is 710 g/mol. The van der Waals surface area contributed by atoms with Gasteiger partial charge in [-0.2, -0.15) is 0 Å². The number of hydrogen-bond donors (Lipinski definition) is 3. The molecule has 0 bridgehead atoms. The summed E-state index contributed by atoms with van der Waals surface area (Å²) >= 11 is 0. The van der Waals surface area contributed by atoms with Crippen LogP contribution in [0.4, 0.5) is 4.39 Å². The Bertz CT molecular complexity index is 2090. The molecule has 1 aromatic carbocycles. The Kier molecular flexibility index (Phi) is 9.95. The van der Waals surface area contributed by atoms with Crippen LogP contribution >= 0.6 is 0 Å². The number of halogens is 1. The average molecular weight is 752 g/mol. The van der Waals surface area contributed by atoms with Crippen LogP contribution in [0.3, 0.4) is 0 Å². The SMILES string of the molecule is CCc1nc2ccc(F)cc2nc1O[C@@H]1C[C@H]2C(=O)N[C@]3(C(=O)NS(=O)(=O)C4CC4)C[C@H]3C=CCCCCC[C@H](NC(=O)c3cc(C)on3)C(=O)N2C1. The van der Waals surface area contributed by atoms with Gasteiger partial charge in [0.15, 0.2) is 5.69 Å². The van der Waals surface area contributed by atoms with E-state index in [4.69, 9.17) is 9.26 Å². The molecule has 2 aliphatic heterocycles. The van der Waals surface area contributed by atoms with Crippen LogP contribution in [-0.2, 0) is 30.8 Å². The Balaban J connectivity index is 1.20. The van der Waals surface area contributed by atoms with Gasteiger partial charge in [-0.25, -0.2) is 22.8 Å². The molecule has 3 aromatic rings. The Morgan fingerprint density at radius 1 is 1.11 bits per heavy atom. The lowest BCUT2D eigenvalue weighted by molar-refractivity contribution is -0.141. The van der Waals surface area contributed by atoms with E-state index in [0.717, 1.165) is 12.8 Å². The number of fused-ring (bicyclic) bond motifs is 3. The van der Waals surface area contributed by atoms with E-state index in [9.17, 15) is 32.0 Å². The molecule has 2 saturated carbocycles. The smallest absolute Gasteiger partial charge is 0.274 e. The van der Waals surface area contributed by atoms with Crippen LogP contribution in [0, 0.1) is 18.7 Å². The minimum atomic E-state index is -3.91. The van der Waals surface area contributed by atoms with E-state index in [2.05, 4.69) is 30.5 Å². The maximum atomic E-state index is 14.5. The Hall–Kier alpha value is -4.93. The van der Waals surface area contributed by atoms with Gasteiger partial charge in [0, 0.05) is 24.5 Å². The van der Waals surface area contributed by atoms with Gasteiger partial charge in [0.25, 0.3) is 11.8 Å². The number of nitrogens with one attached hydrogen (secondary N) is 3. The van der Waals surface area contributed by atoms with Crippen molar-refractivity contribution in [3.8, 4) is 5.88 Å². The fourth-order valence-electron chi connectivity index (χ4n) is 7.08. The predicted molar refractivity (Wildman–Crippen MR) is 187 cm³/mol. The second-order valence-electron chi connectivity index (χ2n) is 14.3. The molecule has 0 radical (unpaired) electrons. The minimum absolute atomic E-state index is 0.000503. The number of amides is 4. The normalized spacial score (nSPS) is 26.5. The van der Waals surface area contributed by atoms with Crippen LogP contribution < -0.4 is 20.1 Å². The summed E-state index contributed by atoms with van der Waals surface area (Å²) in [5.41, 5.74) is -0.291. The molecule has 3 N–H and O–H groups in total. The molecule has 2 aliphatic carbocycles. The van der Waals surface area contributed by atoms with Crippen molar-refractivity contribution in [2.75, 3.05) is 6.54 Å². The third-order valence-corrected chi connectivity index (χ3v) is 12.1. The van der Waals surface area contributed by atoms with Crippen molar-refractivity contribution in [1.29, 1.82) is 0 Å². The van der Waals surface area contributed by atoms with Crippen LogP contribution in [0.1, 0.15) is 86.7 Å². The van der Waals surface area contributed by atoms with Gasteiger partial charge in [0.1, 0.15) is 41.0 Å². The summed E-state index contributed by atoms with van der Waals surface area (Å²) in [4.78, 5) is 66.2. The standard InChI is InChI=1S/C36H42FN7O8S/c1-3-25-33(40-28-16-22(37)11-14-26(28)38-25)51-23-17-30-32(46)41-36(35(48)43-53(49,50)24-12-13-24)18-21(36)9-7-5-4-6-8-10-27(34(47)44(30)19-23)39-31(45)29-15-20(2)52-42-29/h7,9,11,14-16,21,23-24,27,30H,3-6,8,10,12-13,17-19H2,1-2H3,(H,39,45)(H,41,46)(H,43,48)/t21-,23-,27+,30+,36-/m1/s1. The lowest BCUT2D eigenvalue weighted by Crippen LogP contribution is -2.58. The summed E-state index contributed by atoms with van der Waals surface area (Å²) in [6, 6.07) is 3.29. The van der Waals surface area contributed by atoms with Crippen molar-refractivity contribution < 1.29 is 41.2 Å². The molecule has 4 aliphatic rings. The third-order valence-electron chi connectivity index (χ3n) is 10.3. The topological polar surface area (TPSA) is 203 Å². The van der Waals surface area contributed by atoms with E-state index in [1.807, 2.05) is 19.1 Å². The van der Waals surface area contributed by atoms with Crippen molar-refractivity contribution in [1.82, 2.24) is 35.4 Å². The lowest BCUT2D eigenvalue weighted by atomic mass is 10.0. The predicted octanol–water partition coefficient (Wildman–Crippen LogP) is 2.78. The van der Waals surface area contributed by atoms with Gasteiger partial charge >= 0.3 is 0 Å². The number of nitrogens with zero attached hydrogens (tertiary/aromatic N) is 4. The highest BCUT2D eigenvalue weighted by molar-refractivity contribution is 7.91. The lowest BCUT2D eigenvalue weighted by Gasteiger charge is -2.29. The van der Waals surface area contributed by atoms with Gasteiger partial charge in [-0.05, 0) is 64.0 Å². The van der Waals surface area contributed by atoms with Crippen molar-refractivity contribution in [3.05, 3.63) is 59.4 Å². The number of benzene rings is 1. The number of rotatable bonds is 8. The van der Waals surface area contributed by atoms with E-state index < -0.39 is 74.4 Å². The Morgan fingerprint density at radius 2 is 1.92 bits per heavy atom. The zero-order valence-electron chi connectivity index (χ0n) is 29.5. The Labute approximate surface area is 305 Å². The molecule has 3 fully saturated rings. The summed E-state index contributed by atoms with van der Waals surface area (Å²) < 4.78 is 53.3. The monoisotopic (exact) mass is 751 g/mol. The van der Waals surface area contributed by atoms with Crippen molar-refractivity contribution in [2.24, 2.45) is 5.92 Å². The van der Waals surface area contributed by atoms with E-state index in [1.165, 1.54) is 29.2 Å². The molecule has 282 valence electrons. The molecule has 5 atom stereocenters. The van der Waals surface area contributed by atoms with Gasteiger partial charge < -0.3 is 24.8 Å². The van der Waals surface area contributed by atoms with Crippen LogP contribution in [0.2, 0.25) is 0 Å². The summed E-state index contributed by atoms with van der Waals surface area (Å²) in [5, 5.41) is 8.75. The van der Waals surface area contributed by atoms with Gasteiger partial charge in [-0.3, -0.25) is 23.9 Å². The van der Waals surface area contributed by atoms with Gasteiger partial charge in [0.2, 0.25) is 27.7 Å². The van der Waals surface area contributed by atoms with Crippen LogP contribution in [-0.4, -0.2) is 87.6 Å². The first-order chi connectivity index (χ1) is 25.4. The van der Waals surface area contributed by atoms with Crippen LogP contribution in [0.15, 0.2) is 40.9 Å². The summed E-state index contributed by atoms with van der Waals surface area (Å²) in [5.74, 6) is -3.06. The third kappa shape index (κ3) is 7.75. The quantitative estimate of drug-likeness (QED) is 0.286. The summed E-state index contributed by atoms with van der Waals surface area (Å²) in [7, 11) is -3.91. The molecule has 15 nitrogen and oxygen atoms in total. The summed E-state index contributed by atoms with van der Waals surface area (Å²) in [6.07, 6.45) is 7.50. The van der Waals surface area contributed by atoms with Gasteiger partial charge in [-0.15, -0.1) is 0 Å². The fourth-order valence-corrected chi connectivity index (χ4v) is 8.45. The van der Waals surface area contributed by atoms with Crippen molar-refractivity contribution in [3.63, 3.8) is 0 Å². The number of carbonyl (C=O) groups is 4.